The summed E-state index contributed by atoms with van der Waals surface area (Å²) in [6.07, 6.45) is 2.62. The summed E-state index contributed by atoms with van der Waals surface area (Å²) in [5, 5.41) is 13.1. The summed E-state index contributed by atoms with van der Waals surface area (Å²) in [5.74, 6) is 1.09. The van der Waals surface area contributed by atoms with Crippen LogP contribution in [0.2, 0.25) is 0 Å². The van der Waals surface area contributed by atoms with Crippen molar-refractivity contribution in [1.29, 1.82) is 0 Å². The molecule has 2 rings (SSSR count). The number of hydrogen-bond acceptors (Lipinski definition) is 5. The van der Waals surface area contributed by atoms with Crippen molar-refractivity contribution in [1.82, 2.24) is 5.16 Å². The van der Waals surface area contributed by atoms with E-state index >= 15 is 0 Å². The highest BCUT2D eigenvalue weighted by Crippen LogP contribution is 2.35. The maximum atomic E-state index is 9.41. The number of rotatable bonds is 2. The summed E-state index contributed by atoms with van der Waals surface area (Å²) in [5.41, 5.74) is 5.71. The van der Waals surface area contributed by atoms with Crippen LogP contribution in [-0.4, -0.2) is 23.5 Å². The molecule has 3 N–H and O–H groups in total. The lowest BCUT2D eigenvalue weighted by atomic mass is 9.79. The van der Waals surface area contributed by atoms with E-state index in [4.69, 9.17) is 15.0 Å². The number of nitrogens with two attached hydrogens (primary N) is 1. The van der Waals surface area contributed by atoms with Crippen molar-refractivity contribution < 1.29 is 14.4 Å². The fraction of sp³-hybridized carbons (Fsp3) is 0.700. The summed E-state index contributed by atoms with van der Waals surface area (Å²) >= 11 is 0. The Balaban J connectivity index is 2.14. The maximum Gasteiger partial charge on any atom is 0.254 e. The van der Waals surface area contributed by atoms with Gasteiger partial charge in [0, 0.05) is 6.07 Å². The molecule has 0 bridgehead atoms. The normalized spacial score (nSPS) is 31.5. The minimum Gasteiger partial charge on any atom is -0.479 e. The van der Waals surface area contributed by atoms with E-state index in [9.17, 15) is 5.11 Å². The monoisotopic (exact) mass is 212 g/mol. The van der Waals surface area contributed by atoms with Crippen molar-refractivity contribution in [3.63, 3.8) is 0 Å². The maximum absolute atomic E-state index is 9.41. The lowest BCUT2D eigenvalue weighted by molar-refractivity contribution is 0.0866. The Labute approximate surface area is 88.2 Å². The highest BCUT2D eigenvalue weighted by molar-refractivity contribution is 5.19. The molecule has 0 saturated heterocycles. The van der Waals surface area contributed by atoms with E-state index in [-0.39, 0.29) is 6.10 Å². The van der Waals surface area contributed by atoms with E-state index in [1.54, 1.807) is 6.07 Å². The van der Waals surface area contributed by atoms with Gasteiger partial charge in [-0.1, -0.05) is 0 Å². The molecule has 0 atom stereocenters. The fourth-order valence-electron chi connectivity index (χ4n) is 1.95. The van der Waals surface area contributed by atoms with Crippen molar-refractivity contribution in [2.75, 3.05) is 7.11 Å². The van der Waals surface area contributed by atoms with Gasteiger partial charge < -0.3 is 20.1 Å². The van der Waals surface area contributed by atoms with E-state index in [2.05, 4.69) is 5.16 Å². The van der Waals surface area contributed by atoms with Crippen LogP contribution in [0.15, 0.2) is 10.6 Å². The van der Waals surface area contributed by atoms with Gasteiger partial charge in [-0.25, -0.2) is 0 Å². The Kier molecular flexibility index (Phi) is 2.67. The molecule has 0 aromatic carbocycles. The Bertz CT molecular complexity index is 329. The third-order valence-electron chi connectivity index (χ3n) is 3.04. The minimum absolute atomic E-state index is 0.230. The lowest BCUT2D eigenvalue weighted by Crippen LogP contribution is -2.41. The van der Waals surface area contributed by atoms with Gasteiger partial charge in [0.05, 0.1) is 18.8 Å². The molecule has 1 aliphatic carbocycles. The molecule has 1 fully saturated rings. The molecule has 1 heterocycles. The van der Waals surface area contributed by atoms with Gasteiger partial charge >= 0.3 is 0 Å². The van der Waals surface area contributed by atoms with Gasteiger partial charge in [-0.3, -0.25) is 0 Å². The van der Waals surface area contributed by atoms with Crippen LogP contribution in [0.5, 0.6) is 5.88 Å². The summed E-state index contributed by atoms with van der Waals surface area (Å²) in [6, 6.07) is 1.72. The van der Waals surface area contributed by atoms with E-state index in [0.29, 0.717) is 37.3 Å². The van der Waals surface area contributed by atoms with Gasteiger partial charge in [0.15, 0.2) is 5.76 Å². The molecule has 5 nitrogen and oxygen atoms in total. The molecule has 1 aromatic heterocycles. The summed E-state index contributed by atoms with van der Waals surface area (Å²) < 4.78 is 10.1. The van der Waals surface area contributed by atoms with Gasteiger partial charge in [0.25, 0.3) is 5.88 Å². The summed E-state index contributed by atoms with van der Waals surface area (Å²) in [4.78, 5) is 0. The Hall–Kier alpha value is -1.07. The second kappa shape index (κ2) is 3.83. The first kappa shape index (κ1) is 10.4. The number of methoxy groups -OCH3 is 1. The lowest BCUT2D eigenvalue weighted by Gasteiger charge is -2.32. The molecular weight excluding hydrogens is 196 g/mol. The Morgan fingerprint density at radius 3 is 2.80 bits per heavy atom. The average Bonchev–Trinajstić information content (AvgIpc) is 2.72. The third-order valence-corrected chi connectivity index (χ3v) is 3.04. The zero-order valence-electron chi connectivity index (χ0n) is 8.77. The van der Waals surface area contributed by atoms with Crippen LogP contribution in [0.1, 0.15) is 31.4 Å². The molecule has 0 spiro atoms. The van der Waals surface area contributed by atoms with Crippen LogP contribution in [-0.2, 0) is 5.54 Å². The first-order valence-corrected chi connectivity index (χ1v) is 5.12. The van der Waals surface area contributed by atoms with Crippen LogP contribution in [0, 0.1) is 0 Å². The number of aromatic nitrogens is 1. The highest BCUT2D eigenvalue weighted by atomic mass is 16.5. The minimum atomic E-state index is -0.497. The van der Waals surface area contributed by atoms with Crippen LogP contribution in [0.25, 0.3) is 0 Å². The number of hydrogen-bond donors (Lipinski definition) is 2. The molecule has 0 unspecified atom stereocenters. The van der Waals surface area contributed by atoms with Crippen LogP contribution in [0.3, 0.4) is 0 Å². The molecule has 1 saturated carbocycles. The van der Waals surface area contributed by atoms with Gasteiger partial charge in [0.2, 0.25) is 0 Å². The quantitative estimate of drug-likeness (QED) is 0.756. The van der Waals surface area contributed by atoms with Gasteiger partial charge in [-0.05, 0) is 30.8 Å². The first-order valence-electron chi connectivity index (χ1n) is 5.12. The van der Waals surface area contributed by atoms with Crippen LogP contribution in [0.4, 0.5) is 0 Å². The summed E-state index contributed by atoms with van der Waals surface area (Å²) in [7, 11) is 1.54. The number of aliphatic hydroxyl groups is 1. The van der Waals surface area contributed by atoms with Crippen molar-refractivity contribution in [3.8, 4) is 5.88 Å². The molecule has 5 heteroatoms. The van der Waals surface area contributed by atoms with E-state index in [1.807, 2.05) is 0 Å². The summed E-state index contributed by atoms with van der Waals surface area (Å²) in [6.45, 7) is 0. The van der Waals surface area contributed by atoms with E-state index < -0.39 is 5.54 Å². The Morgan fingerprint density at radius 1 is 1.60 bits per heavy atom. The third kappa shape index (κ3) is 1.98. The van der Waals surface area contributed by atoms with Crippen molar-refractivity contribution in [3.05, 3.63) is 11.8 Å². The second-order valence-electron chi connectivity index (χ2n) is 4.12. The molecule has 0 radical (unpaired) electrons. The molecule has 0 amide bonds. The van der Waals surface area contributed by atoms with E-state index in [1.165, 1.54) is 7.11 Å². The number of nitrogens with zero attached hydrogens (tertiary/aromatic N) is 1. The molecule has 84 valence electrons. The molecule has 0 aliphatic heterocycles. The second-order valence-corrected chi connectivity index (χ2v) is 4.12. The topological polar surface area (TPSA) is 81.5 Å². The first-order chi connectivity index (χ1) is 7.14. The molecule has 15 heavy (non-hydrogen) atoms. The Morgan fingerprint density at radius 2 is 2.27 bits per heavy atom. The van der Waals surface area contributed by atoms with E-state index in [0.717, 1.165) is 0 Å². The van der Waals surface area contributed by atoms with Gasteiger partial charge in [-0.15, -0.1) is 0 Å². The SMILES string of the molecule is COc1cc(C2(N)CCC(O)CC2)on1. The molecule has 1 aromatic rings. The van der Waals surface area contributed by atoms with Crippen LogP contribution >= 0.6 is 0 Å². The van der Waals surface area contributed by atoms with Gasteiger partial charge in [-0.2, -0.15) is 0 Å². The standard InChI is InChI=1S/C10H16N2O3/c1-14-9-6-8(15-12-9)10(11)4-2-7(13)3-5-10/h6-7,13H,2-5,11H2,1H3. The van der Waals surface area contributed by atoms with Crippen LogP contribution < -0.4 is 10.5 Å². The fourth-order valence-corrected chi connectivity index (χ4v) is 1.95. The number of ether oxygens (including phenoxy) is 1. The van der Waals surface area contributed by atoms with Crippen molar-refractivity contribution in [2.24, 2.45) is 5.73 Å². The van der Waals surface area contributed by atoms with Crippen molar-refractivity contribution in [2.45, 2.75) is 37.3 Å². The van der Waals surface area contributed by atoms with Gasteiger partial charge in [0.1, 0.15) is 0 Å². The zero-order valence-corrected chi connectivity index (χ0v) is 8.77. The smallest absolute Gasteiger partial charge is 0.254 e. The number of aliphatic hydroxyl groups excluding tert-OH is 1. The predicted octanol–water partition coefficient (Wildman–Crippen LogP) is 0.772. The highest BCUT2D eigenvalue weighted by Gasteiger charge is 2.36. The molecule has 1 aliphatic rings. The predicted molar refractivity (Wildman–Crippen MR) is 53.4 cm³/mol. The van der Waals surface area contributed by atoms with Crippen molar-refractivity contribution >= 4 is 0 Å². The average molecular weight is 212 g/mol. The largest absolute Gasteiger partial charge is 0.479 e. The molecular formula is C10H16N2O3. The zero-order chi connectivity index (χ0) is 10.9.